The summed E-state index contributed by atoms with van der Waals surface area (Å²) in [7, 11) is 0. The Morgan fingerprint density at radius 1 is 1.14 bits per heavy atom. The molecule has 2 nitrogen and oxygen atoms in total. The van der Waals surface area contributed by atoms with Crippen LogP contribution in [0.2, 0.25) is 0 Å². The normalized spacial score (nSPS) is 28.1. The lowest BCUT2D eigenvalue weighted by Gasteiger charge is -2.42. The quantitative estimate of drug-likeness (QED) is 0.925. The van der Waals surface area contributed by atoms with Crippen molar-refractivity contribution in [2.24, 2.45) is 17.6 Å². The molecule has 1 aliphatic heterocycles. The molecule has 0 spiro atoms. The van der Waals surface area contributed by atoms with E-state index in [1.54, 1.807) is 0 Å². The molecule has 1 saturated heterocycles. The van der Waals surface area contributed by atoms with Crippen LogP contribution in [0.15, 0.2) is 18.2 Å². The molecule has 0 bridgehead atoms. The number of nitrogens with two attached hydrogens (primary N) is 1. The molecular weight excluding hydrogens is 270 g/mol. The second kappa shape index (κ2) is 6.41. The van der Waals surface area contributed by atoms with E-state index >= 15 is 0 Å². The Bertz CT molecular complexity index is 492. The molecule has 4 heteroatoms. The third-order valence-corrected chi connectivity index (χ3v) is 5.19. The molecule has 0 radical (unpaired) electrons. The standard InChI is InChI=1S/C17H24F2N2/c18-14-5-6-16(19)15(9-14)17(20)11-21-8-7-12-3-1-2-4-13(12)10-21/h5-6,9,12-13,17H,1-4,7-8,10-11,20H2. The van der Waals surface area contributed by atoms with E-state index in [2.05, 4.69) is 4.90 Å². The van der Waals surface area contributed by atoms with E-state index in [0.717, 1.165) is 37.1 Å². The topological polar surface area (TPSA) is 29.3 Å². The average Bonchev–Trinajstić information content (AvgIpc) is 2.49. The molecule has 1 aromatic rings. The number of likely N-dealkylation sites (tertiary alicyclic amines) is 1. The van der Waals surface area contributed by atoms with E-state index in [-0.39, 0.29) is 0 Å². The molecule has 2 N–H and O–H groups in total. The van der Waals surface area contributed by atoms with Gasteiger partial charge in [0.1, 0.15) is 11.6 Å². The number of piperidine rings is 1. The smallest absolute Gasteiger partial charge is 0.128 e. The minimum atomic E-state index is -0.458. The van der Waals surface area contributed by atoms with Crippen LogP contribution >= 0.6 is 0 Å². The van der Waals surface area contributed by atoms with Gasteiger partial charge in [-0.15, -0.1) is 0 Å². The van der Waals surface area contributed by atoms with Crippen LogP contribution in [-0.2, 0) is 0 Å². The Kier molecular flexibility index (Phi) is 4.55. The predicted molar refractivity (Wildman–Crippen MR) is 79.8 cm³/mol. The highest BCUT2D eigenvalue weighted by atomic mass is 19.1. The fraction of sp³-hybridized carbons (Fsp3) is 0.647. The number of nitrogens with zero attached hydrogens (tertiary/aromatic N) is 1. The molecule has 21 heavy (non-hydrogen) atoms. The molecule has 3 unspecified atom stereocenters. The fourth-order valence-electron chi connectivity index (χ4n) is 4.02. The number of hydrogen-bond acceptors (Lipinski definition) is 2. The summed E-state index contributed by atoms with van der Waals surface area (Å²) >= 11 is 0. The summed E-state index contributed by atoms with van der Waals surface area (Å²) in [6, 6.07) is 3.07. The van der Waals surface area contributed by atoms with Gasteiger partial charge >= 0.3 is 0 Å². The summed E-state index contributed by atoms with van der Waals surface area (Å²) < 4.78 is 27.0. The number of hydrogen-bond donors (Lipinski definition) is 1. The monoisotopic (exact) mass is 294 g/mol. The zero-order valence-corrected chi connectivity index (χ0v) is 12.4. The Morgan fingerprint density at radius 2 is 1.90 bits per heavy atom. The zero-order valence-electron chi connectivity index (χ0n) is 12.4. The summed E-state index contributed by atoms with van der Waals surface area (Å²) in [6.45, 7) is 2.71. The first-order valence-electron chi connectivity index (χ1n) is 8.06. The lowest BCUT2D eigenvalue weighted by molar-refractivity contribution is 0.0825. The Hall–Kier alpha value is -1.00. The second-order valence-electron chi connectivity index (χ2n) is 6.63. The van der Waals surface area contributed by atoms with Gasteiger partial charge in [-0.25, -0.2) is 8.78 Å². The van der Waals surface area contributed by atoms with Gasteiger partial charge in [0.2, 0.25) is 0 Å². The summed E-state index contributed by atoms with van der Waals surface area (Å²) in [6.07, 6.45) is 6.60. The van der Waals surface area contributed by atoms with Gasteiger partial charge in [0, 0.05) is 24.7 Å². The zero-order chi connectivity index (χ0) is 14.8. The van der Waals surface area contributed by atoms with Crippen LogP contribution in [0.5, 0.6) is 0 Å². The largest absolute Gasteiger partial charge is 0.323 e. The van der Waals surface area contributed by atoms with Crippen LogP contribution < -0.4 is 5.73 Å². The highest BCUT2D eigenvalue weighted by Gasteiger charge is 2.31. The maximum atomic E-state index is 13.8. The van der Waals surface area contributed by atoms with Crippen LogP contribution in [0.4, 0.5) is 8.78 Å². The number of benzene rings is 1. The van der Waals surface area contributed by atoms with Gasteiger partial charge in [0.05, 0.1) is 0 Å². The first kappa shape index (κ1) is 14.9. The van der Waals surface area contributed by atoms with Crippen molar-refractivity contribution in [3.8, 4) is 0 Å². The van der Waals surface area contributed by atoms with Crippen molar-refractivity contribution in [1.82, 2.24) is 4.90 Å². The summed E-state index contributed by atoms with van der Waals surface area (Å²) in [4.78, 5) is 2.33. The second-order valence-corrected chi connectivity index (χ2v) is 6.63. The van der Waals surface area contributed by atoms with E-state index in [1.807, 2.05) is 0 Å². The lowest BCUT2D eigenvalue weighted by Crippen LogP contribution is -2.44. The van der Waals surface area contributed by atoms with Crippen molar-refractivity contribution in [3.63, 3.8) is 0 Å². The number of halogens is 2. The van der Waals surface area contributed by atoms with Gasteiger partial charge in [-0.05, 0) is 49.4 Å². The minimum absolute atomic E-state index is 0.292. The maximum absolute atomic E-state index is 13.8. The highest BCUT2D eigenvalue weighted by molar-refractivity contribution is 5.22. The molecule has 0 aromatic heterocycles. The van der Waals surface area contributed by atoms with E-state index in [1.165, 1.54) is 38.2 Å². The first-order chi connectivity index (χ1) is 10.1. The summed E-state index contributed by atoms with van der Waals surface area (Å²) in [5.41, 5.74) is 6.41. The first-order valence-corrected chi connectivity index (χ1v) is 8.06. The Morgan fingerprint density at radius 3 is 2.71 bits per heavy atom. The average molecular weight is 294 g/mol. The fourth-order valence-corrected chi connectivity index (χ4v) is 4.02. The van der Waals surface area contributed by atoms with E-state index in [0.29, 0.717) is 12.1 Å². The summed E-state index contributed by atoms with van der Waals surface area (Å²) in [5.74, 6) is 0.818. The van der Waals surface area contributed by atoms with Crippen molar-refractivity contribution < 1.29 is 8.78 Å². The Balaban J connectivity index is 1.62. The summed E-state index contributed by atoms with van der Waals surface area (Å²) in [5, 5.41) is 0. The third-order valence-electron chi connectivity index (χ3n) is 5.19. The van der Waals surface area contributed by atoms with Crippen LogP contribution in [0.25, 0.3) is 0 Å². The minimum Gasteiger partial charge on any atom is -0.323 e. The Labute approximate surface area is 125 Å². The van der Waals surface area contributed by atoms with Gasteiger partial charge in [-0.1, -0.05) is 19.3 Å². The molecule has 116 valence electrons. The van der Waals surface area contributed by atoms with Gasteiger partial charge in [0.15, 0.2) is 0 Å². The van der Waals surface area contributed by atoms with Crippen molar-refractivity contribution in [2.45, 2.75) is 38.1 Å². The molecular formula is C17H24F2N2. The molecule has 3 rings (SSSR count). The number of fused-ring (bicyclic) bond motifs is 1. The molecule has 1 heterocycles. The van der Waals surface area contributed by atoms with Gasteiger partial charge in [0.25, 0.3) is 0 Å². The van der Waals surface area contributed by atoms with Crippen molar-refractivity contribution in [1.29, 1.82) is 0 Å². The lowest BCUT2D eigenvalue weighted by atomic mass is 9.75. The molecule has 0 amide bonds. The molecule has 1 aliphatic carbocycles. The van der Waals surface area contributed by atoms with Crippen molar-refractivity contribution in [3.05, 3.63) is 35.4 Å². The molecule has 1 saturated carbocycles. The van der Waals surface area contributed by atoms with Crippen LogP contribution in [0, 0.1) is 23.5 Å². The van der Waals surface area contributed by atoms with Crippen LogP contribution in [0.1, 0.15) is 43.7 Å². The van der Waals surface area contributed by atoms with Gasteiger partial charge < -0.3 is 10.6 Å². The van der Waals surface area contributed by atoms with E-state index < -0.39 is 17.7 Å². The molecule has 2 aliphatic rings. The molecule has 3 atom stereocenters. The third kappa shape index (κ3) is 3.43. The van der Waals surface area contributed by atoms with Crippen molar-refractivity contribution in [2.75, 3.05) is 19.6 Å². The maximum Gasteiger partial charge on any atom is 0.128 e. The molecule has 1 aromatic carbocycles. The van der Waals surface area contributed by atoms with Crippen LogP contribution in [-0.4, -0.2) is 24.5 Å². The molecule has 2 fully saturated rings. The SMILES string of the molecule is NC(CN1CCC2CCCCC2C1)c1cc(F)ccc1F. The van der Waals surface area contributed by atoms with Crippen molar-refractivity contribution >= 4 is 0 Å². The van der Waals surface area contributed by atoms with E-state index in [4.69, 9.17) is 5.73 Å². The number of rotatable bonds is 3. The van der Waals surface area contributed by atoms with Gasteiger partial charge in [-0.3, -0.25) is 0 Å². The van der Waals surface area contributed by atoms with Gasteiger partial charge in [-0.2, -0.15) is 0 Å². The van der Waals surface area contributed by atoms with Crippen LogP contribution in [0.3, 0.4) is 0 Å². The van der Waals surface area contributed by atoms with E-state index in [9.17, 15) is 8.78 Å². The highest BCUT2D eigenvalue weighted by Crippen LogP contribution is 2.36. The predicted octanol–water partition coefficient (Wildman–Crippen LogP) is 3.48.